The molecule has 1 aliphatic carbocycles. The van der Waals surface area contributed by atoms with Crippen molar-refractivity contribution < 1.29 is 0 Å². The number of aromatic amines is 1. The fourth-order valence-corrected chi connectivity index (χ4v) is 3.05. The number of aromatic nitrogens is 2. The highest BCUT2D eigenvalue weighted by molar-refractivity contribution is 7.13. The summed E-state index contributed by atoms with van der Waals surface area (Å²) >= 11 is 1.72. The maximum atomic E-state index is 5.61. The van der Waals surface area contributed by atoms with Crippen LogP contribution in [0.3, 0.4) is 0 Å². The van der Waals surface area contributed by atoms with Gasteiger partial charge >= 0.3 is 0 Å². The van der Waals surface area contributed by atoms with Gasteiger partial charge in [-0.3, -0.25) is 0 Å². The van der Waals surface area contributed by atoms with Crippen molar-refractivity contribution in [3.05, 3.63) is 28.4 Å². The number of thiophene rings is 1. The molecule has 16 heavy (non-hydrogen) atoms. The van der Waals surface area contributed by atoms with E-state index in [0.717, 1.165) is 18.7 Å². The van der Waals surface area contributed by atoms with Gasteiger partial charge in [-0.15, -0.1) is 11.3 Å². The highest BCUT2D eigenvalue weighted by Crippen LogP contribution is 2.28. The molecule has 0 aliphatic heterocycles. The molecule has 0 radical (unpaired) electrons. The zero-order chi connectivity index (χ0) is 11.0. The van der Waals surface area contributed by atoms with Crippen LogP contribution in [0.4, 0.5) is 0 Å². The van der Waals surface area contributed by atoms with Gasteiger partial charge in [0, 0.05) is 12.2 Å². The van der Waals surface area contributed by atoms with Crippen LogP contribution in [-0.4, -0.2) is 9.97 Å². The standard InChI is InChI=1S/C12H15N3S/c13-6-8-5-11(16-7-8)12-14-9-3-1-2-4-10(9)15-12/h5,7H,1-4,6,13H2,(H,14,15). The number of hydrogen-bond donors (Lipinski definition) is 2. The minimum absolute atomic E-state index is 0.608. The molecule has 0 saturated carbocycles. The van der Waals surface area contributed by atoms with Crippen LogP contribution in [0.2, 0.25) is 0 Å². The molecule has 2 heterocycles. The SMILES string of the molecule is NCc1csc(-c2nc3c([nH]2)CCCC3)c1. The molecule has 2 aromatic rings. The summed E-state index contributed by atoms with van der Waals surface area (Å²) in [6, 6.07) is 2.13. The molecule has 4 heteroatoms. The van der Waals surface area contributed by atoms with Crippen LogP contribution in [0.15, 0.2) is 11.4 Å². The van der Waals surface area contributed by atoms with E-state index in [-0.39, 0.29) is 0 Å². The summed E-state index contributed by atoms with van der Waals surface area (Å²) in [6.45, 7) is 0.608. The maximum absolute atomic E-state index is 5.61. The minimum Gasteiger partial charge on any atom is -0.341 e. The highest BCUT2D eigenvalue weighted by Gasteiger charge is 2.15. The lowest BCUT2D eigenvalue weighted by Crippen LogP contribution is -2.00. The average molecular weight is 233 g/mol. The van der Waals surface area contributed by atoms with E-state index in [1.54, 1.807) is 11.3 Å². The Kier molecular flexibility index (Phi) is 2.53. The second-order valence-electron chi connectivity index (χ2n) is 4.24. The molecule has 0 spiro atoms. The van der Waals surface area contributed by atoms with Crippen LogP contribution in [0.1, 0.15) is 29.8 Å². The van der Waals surface area contributed by atoms with E-state index in [0.29, 0.717) is 6.54 Å². The molecule has 0 atom stereocenters. The Morgan fingerprint density at radius 3 is 3.00 bits per heavy atom. The molecule has 0 bridgehead atoms. The quantitative estimate of drug-likeness (QED) is 0.837. The number of hydrogen-bond acceptors (Lipinski definition) is 3. The van der Waals surface area contributed by atoms with E-state index < -0.39 is 0 Å². The van der Waals surface area contributed by atoms with Crippen molar-refractivity contribution in [2.24, 2.45) is 5.73 Å². The molecule has 0 amide bonds. The number of rotatable bonds is 2. The molecular weight excluding hydrogens is 218 g/mol. The van der Waals surface area contributed by atoms with Gasteiger partial charge in [-0.25, -0.2) is 4.98 Å². The van der Waals surface area contributed by atoms with Crippen molar-refractivity contribution in [2.75, 3.05) is 0 Å². The summed E-state index contributed by atoms with van der Waals surface area (Å²) in [6.07, 6.45) is 4.83. The fourth-order valence-electron chi connectivity index (χ4n) is 2.18. The largest absolute Gasteiger partial charge is 0.341 e. The first-order chi connectivity index (χ1) is 7.86. The monoisotopic (exact) mass is 233 g/mol. The smallest absolute Gasteiger partial charge is 0.147 e. The normalized spacial score (nSPS) is 15.1. The molecule has 3 nitrogen and oxygen atoms in total. The van der Waals surface area contributed by atoms with Gasteiger partial charge < -0.3 is 10.7 Å². The van der Waals surface area contributed by atoms with E-state index in [4.69, 9.17) is 5.73 Å². The molecule has 3 N–H and O–H groups in total. The molecule has 3 rings (SSSR count). The summed E-state index contributed by atoms with van der Waals surface area (Å²) in [7, 11) is 0. The Morgan fingerprint density at radius 1 is 1.38 bits per heavy atom. The number of nitrogens with two attached hydrogens (primary N) is 1. The molecular formula is C12H15N3S. The molecule has 1 aliphatic rings. The Labute approximate surface area is 98.7 Å². The van der Waals surface area contributed by atoms with Crippen LogP contribution in [0.25, 0.3) is 10.7 Å². The second kappa shape index (κ2) is 4.03. The first kappa shape index (κ1) is 10.1. The number of nitrogens with one attached hydrogen (secondary N) is 1. The van der Waals surface area contributed by atoms with Crippen LogP contribution in [0.5, 0.6) is 0 Å². The molecule has 0 saturated heterocycles. The van der Waals surface area contributed by atoms with Gasteiger partial charge in [-0.2, -0.15) is 0 Å². The summed E-state index contributed by atoms with van der Waals surface area (Å²) in [5, 5.41) is 2.11. The van der Waals surface area contributed by atoms with E-state index in [1.807, 2.05) is 0 Å². The van der Waals surface area contributed by atoms with Crippen molar-refractivity contribution in [3.8, 4) is 10.7 Å². The summed E-state index contributed by atoms with van der Waals surface area (Å²) in [5.41, 5.74) is 9.41. The van der Waals surface area contributed by atoms with E-state index in [2.05, 4.69) is 21.4 Å². The highest BCUT2D eigenvalue weighted by atomic mass is 32.1. The van der Waals surface area contributed by atoms with Gasteiger partial charge in [0.1, 0.15) is 5.82 Å². The predicted molar refractivity (Wildman–Crippen MR) is 66.4 cm³/mol. The molecule has 0 unspecified atom stereocenters. The average Bonchev–Trinajstić information content (AvgIpc) is 2.95. The van der Waals surface area contributed by atoms with E-state index >= 15 is 0 Å². The van der Waals surface area contributed by atoms with E-state index in [1.165, 1.54) is 34.7 Å². The number of fused-ring (bicyclic) bond motifs is 1. The first-order valence-corrected chi connectivity index (χ1v) is 6.60. The van der Waals surface area contributed by atoms with Crippen LogP contribution < -0.4 is 5.73 Å². The zero-order valence-corrected chi connectivity index (χ0v) is 9.94. The second-order valence-corrected chi connectivity index (χ2v) is 5.15. The number of H-pyrrole nitrogens is 1. The molecule has 2 aromatic heterocycles. The van der Waals surface area contributed by atoms with Crippen molar-refractivity contribution in [3.63, 3.8) is 0 Å². The maximum Gasteiger partial charge on any atom is 0.147 e. The number of imidazole rings is 1. The van der Waals surface area contributed by atoms with Gasteiger partial charge in [0.15, 0.2) is 0 Å². The third-order valence-electron chi connectivity index (χ3n) is 3.08. The van der Waals surface area contributed by atoms with Crippen molar-refractivity contribution in [1.82, 2.24) is 9.97 Å². The van der Waals surface area contributed by atoms with Crippen LogP contribution >= 0.6 is 11.3 Å². The van der Waals surface area contributed by atoms with Crippen LogP contribution in [-0.2, 0) is 19.4 Å². The Bertz CT molecular complexity index is 475. The molecule has 0 aromatic carbocycles. The lowest BCUT2D eigenvalue weighted by Gasteiger charge is -2.07. The Hall–Kier alpha value is -1.13. The van der Waals surface area contributed by atoms with Crippen molar-refractivity contribution >= 4 is 11.3 Å². The first-order valence-electron chi connectivity index (χ1n) is 5.72. The minimum atomic E-state index is 0.608. The molecule has 0 fully saturated rings. The van der Waals surface area contributed by atoms with Crippen molar-refractivity contribution in [2.45, 2.75) is 32.2 Å². The predicted octanol–water partition coefficient (Wildman–Crippen LogP) is 2.48. The Morgan fingerprint density at radius 2 is 2.25 bits per heavy atom. The summed E-state index contributed by atoms with van der Waals surface area (Å²) in [5.74, 6) is 1.02. The zero-order valence-electron chi connectivity index (χ0n) is 9.12. The third-order valence-corrected chi connectivity index (χ3v) is 4.06. The van der Waals surface area contributed by atoms with Crippen LogP contribution in [0, 0.1) is 0 Å². The van der Waals surface area contributed by atoms with Gasteiger partial charge in [-0.05, 0) is 42.7 Å². The lowest BCUT2D eigenvalue weighted by molar-refractivity contribution is 0.667. The Balaban J connectivity index is 1.96. The lowest BCUT2D eigenvalue weighted by atomic mass is 10.0. The fraction of sp³-hybridized carbons (Fsp3) is 0.417. The van der Waals surface area contributed by atoms with Gasteiger partial charge in [0.25, 0.3) is 0 Å². The number of aryl methyl sites for hydroxylation is 2. The van der Waals surface area contributed by atoms with Gasteiger partial charge in [0.05, 0.1) is 10.6 Å². The third kappa shape index (κ3) is 1.68. The van der Waals surface area contributed by atoms with Gasteiger partial charge in [-0.1, -0.05) is 0 Å². The summed E-state index contributed by atoms with van der Waals surface area (Å²) < 4.78 is 0. The molecule has 84 valence electrons. The van der Waals surface area contributed by atoms with E-state index in [9.17, 15) is 0 Å². The number of nitrogens with zero attached hydrogens (tertiary/aromatic N) is 1. The van der Waals surface area contributed by atoms with Crippen molar-refractivity contribution in [1.29, 1.82) is 0 Å². The topological polar surface area (TPSA) is 54.7 Å². The summed E-state index contributed by atoms with van der Waals surface area (Å²) in [4.78, 5) is 9.33. The van der Waals surface area contributed by atoms with Gasteiger partial charge in [0.2, 0.25) is 0 Å².